The summed E-state index contributed by atoms with van der Waals surface area (Å²) in [7, 11) is 0. The molecule has 1 atom stereocenters. The lowest BCUT2D eigenvalue weighted by molar-refractivity contribution is 0.153. The highest BCUT2D eigenvalue weighted by molar-refractivity contribution is 14.0. The number of hydrogen-bond acceptors (Lipinski definition) is 3. The molecule has 2 aliphatic heterocycles. The fraction of sp³-hybridized carbons (Fsp3) is 0.786. The van der Waals surface area contributed by atoms with Crippen LogP contribution in [0.25, 0.3) is 0 Å². The van der Waals surface area contributed by atoms with E-state index in [-0.39, 0.29) is 30.1 Å². The minimum Gasteiger partial charge on any atom is -0.391 e. The molecule has 2 heterocycles. The summed E-state index contributed by atoms with van der Waals surface area (Å²) in [4.78, 5) is 6.81. The first-order valence-electron chi connectivity index (χ1n) is 7.26. The molecule has 0 aromatic rings. The second-order valence-electron chi connectivity index (χ2n) is 5.06. The predicted octanol–water partition coefficient (Wildman–Crippen LogP) is 1.37. The SMILES string of the molecule is CCNC(=NCCC1=CCOCC1)N1CC[C@@H](O)C1.I. The monoisotopic (exact) mass is 395 g/mol. The average molecular weight is 395 g/mol. The largest absolute Gasteiger partial charge is 0.391 e. The molecule has 0 aromatic carbocycles. The molecule has 0 bridgehead atoms. The van der Waals surface area contributed by atoms with Gasteiger partial charge in [0.2, 0.25) is 0 Å². The van der Waals surface area contributed by atoms with Gasteiger partial charge in [0.15, 0.2) is 5.96 Å². The molecule has 2 rings (SSSR count). The Labute approximate surface area is 138 Å². The first-order valence-corrected chi connectivity index (χ1v) is 7.26. The van der Waals surface area contributed by atoms with Gasteiger partial charge >= 0.3 is 0 Å². The highest BCUT2D eigenvalue weighted by Crippen LogP contribution is 2.12. The maximum absolute atomic E-state index is 9.60. The molecular weight excluding hydrogens is 369 g/mol. The third-order valence-electron chi connectivity index (χ3n) is 3.55. The number of likely N-dealkylation sites (tertiary alicyclic amines) is 1. The summed E-state index contributed by atoms with van der Waals surface area (Å²) < 4.78 is 5.30. The van der Waals surface area contributed by atoms with Gasteiger partial charge in [0.1, 0.15) is 0 Å². The van der Waals surface area contributed by atoms with Crippen LogP contribution in [0.2, 0.25) is 0 Å². The molecular formula is C14H26IN3O2. The zero-order chi connectivity index (χ0) is 13.5. The van der Waals surface area contributed by atoms with Crippen molar-refractivity contribution >= 4 is 29.9 Å². The highest BCUT2D eigenvalue weighted by atomic mass is 127. The predicted molar refractivity (Wildman–Crippen MR) is 91.7 cm³/mol. The summed E-state index contributed by atoms with van der Waals surface area (Å²) in [6, 6.07) is 0. The third kappa shape index (κ3) is 5.57. The van der Waals surface area contributed by atoms with E-state index in [0.717, 1.165) is 58.1 Å². The van der Waals surface area contributed by atoms with Crippen molar-refractivity contribution in [2.45, 2.75) is 32.3 Å². The zero-order valence-electron chi connectivity index (χ0n) is 12.2. The molecule has 0 unspecified atom stereocenters. The van der Waals surface area contributed by atoms with E-state index in [0.29, 0.717) is 6.54 Å². The molecule has 1 fully saturated rings. The molecule has 0 saturated carbocycles. The van der Waals surface area contributed by atoms with Crippen LogP contribution in [-0.2, 0) is 4.74 Å². The second-order valence-corrected chi connectivity index (χ2v) is 5.06. The molecule has 0 amide bonds. The van der Waals surface area contributed by atoms with Crippen molar-refractivity contribution in [3.05, 3.63) is 11.6 Å². The van der Waals surface area contributed by atoms with Crippen LogP contribution in [0.4, 0.5) is 0 Å². The van der Waals surface area contributed by atoms with Crippen LogP contribution in [0, 0.1) is 0 Å². The molecule has 2 N–H and O–H groups in total. The summed E-state index contributed by atoms with van der Waals surface area (Å²) in [6.45, 7) is 6.92. The Balaban J connectivity index is 0.00000200. The summed E-state index contributed by atoms with van der Waals surface area (Å²) in [5.41, 5.74) is 1.45. The molecule has 1 saturated heterocycles. The number of aliphatic hydroxyl groups is 1. The van der Waals surface area contributed by atoms with Gasteiger partial charge in [-0.05, 0) is 26.2 Å². The van der Waals surface area contributed by atoms with Crippen LogP contribution in [-0.4, -0.2) is 61.5 Å². The lowest BCUT2D eigenvalue weighted by Crippen LogP contribution is -2.40. The summed E-state index contributed by atoms with van der Waals surface area (Å²) in [6.07, 6.45) is 4.85. The third-order valence-corrected chi connectivity index (χ3v) is 3.55. The van der Waals surface area contributed by atoms with E-state index in [1.165, 1.54) is 5.57 Å². The van der Waals surface area contributed by atoms with Crippen LogP contribution in [0.1, 0.15) is 26.2 Å². The number of ether oxygens (including phenoxy) is 1. The molecule has 0 aliphatic carbocycles. The fourth-order valence-corrected chi connectivity index (χ4v) is 2.46. The Bertz CT molecular complexity index is 347. The summed E-state index contributed by atoms with van der Waals surface area (Å²) in [5, 5.41) is 12.9. The number of nitrogens with one attached hydrogen (secondary N) is 1. The maximum atomic E-state index is 9.60. The molecule has 2 aliphatic rings. The van der Waals surface area contributed by atoms with Crippen molar-refractivity contribution in [2.24, 2.45) is 4.99 Å². The van der Waals surface area contributed by atoms with Gasteiger partial charge in [-0.25, -0.2) is 0 Å². The van der Waals surface area contributed by atoms with Gasteiger partial charge < -0.3 is 20.1 Å². The number of halogens is 1. The molecule has 0 spiro atoms. The Morgan fingerprint density at radius 2 is 2.45 bits per heavy atom. The van der Waals surface area contributed by atoms with Crippen molar-refractivity contribution in [3.63, 3.8) is 0 Å². The normalized spacial score (nSPS) is 23.3. The van der Waals surface area contributed by atoms with Gasteiger partial charge in [0, 0.05) is 26.2 Å². The standard InChI is InChI=1S/C14H25N3O2.HI/c1-2-15-14(17-8-4-13(18)11-17)16-7-3-12-5-9-19-10-6-12;/h5,13,18H,2-4,6-11H2,1H3,(H,15,16);1H/t13-;/m1./s1. The maximum Gasteiger partial charge on any atom is 0.194 e. The van der Waals surface area contributed by atoms with Crippen molar-refractivity contribution in [1.82, 2.24) is 10.2 Å². The Morgan fingerprint density at radius 3 is 3.05 bits per heavy atom. The van der Waals surface area contributed by atoms with Crippen LogP contribution in [0.3, 0.4) is 0 Å². The van der Waals surface area contributed by atoms with Crippen LogP contribution in [0.15, 0.2) is 16.6 Å². The Morgan fingerprint density at radius 1 is 1.60 bits per heavy atom. The first kappa shape index (κ1) is 17.7. The minimum atomic E-state index is -0.206. The summed E-state index contributed by atoms with van der Waals surface area (Å²) in [5.74, 6) is 0.937. The van der Waals surface area contributed by atoms with Crippen molar-refractivity contribution in [1.29, 1.82) is 0 Å². The van der Waals surface area contributed by atoms with E-state index in [2.05, 4.69) is 28.2 Å². The Hall–Kier alpha value is -0.340. The lowest BCUT2D eigenvalue weighted by Gasteiger charge is -2.21. The smallest absolute Gasteiger partial charge is 0.194 e. The first-order chi connectivity index (χ1) is 9.29. The molecule has 5 nitrogen and oxygen atoms in total. The van der Waals surface area contributed by atoms with Gasteiger partial charge in [-0.1, -0.05) is 11.6 Å². The molecule has 0 radical (unpaired) electrons. The van der Waals surface area contributed by atoms with E-state index in [9.17, 15) is 5.11 Å². The number of guanidine groups is 1. The van der Waals surface area contributed by atoms with Gasteiger partial charge in [0.25, 0.3) is 0 Å². The number of aliphatic imine (C=N–C) groups is 1. The number of nitrogens with zero attached hydrogens (tertiary/aromatic N) is 2. The van der Waals surface area contributed by atoms with Crippen LogP contribution in [0.5, 0.6) is 0 Å². The Kier molecular flexibility index (Phi) is 8.47. The molecule has 20 heavy (non-hydrogen) atoms. The van der Waals surface area contributed by atoms with Gasteiger partial charge in [0.05, 0.1) is 19.3 Å². The number of β-amino-alcohol motifs (C(OH)–C–C–N with tert-alkyl or cyclic N) is 1. The molecule has 6 heteroatoms. The quantitative estimate of drug-likeness (QED) is 0.327. The van der Waals surface area contributed by atoms with Gasteiger partial charge in [-0.15, -0.1) is 24.0 Å². The summed E-state index contributed by atoms with van der Waals surface area (Å²) >= 11 is 0. The fourth-order valence-electron chi connectivity index (χ4n) is 2.46. The van der Waals surface area contributed by atoms with E-state index in [1.54, 1.807) is 0 Å². The number of aliphatic hydroxyl groups excluding tert-OH is 1. The van der Waals surface area contributed by atoms with Gasteiger partial charge in [-0.2, -0.15) is 0 Å². The lowest BCUT2D eigenvalue weighted by atomic mass is 10.1. The second kappa shape index (κ2) is 9.57. The molecule has 116 valence electrons. The zero-order valence-corrected chi connectivity index (χ0v) is 14.5. The topological polar surface area (TPSA) is 57.1 Å². The number of hydrogen-bond donors (Lipinski definition) is 2. The van der Waals surface area contributed by atoms with E-state index >= 15 is 0 Å². The van der Waals surface area contributed by atoms with Crippen LogP contribution >= 0.6 is 24.0 Å². The van der Waals surface area contributed by atoms with E-state index < -0.39 is 0 Å². The average Bonchev–Trinajstić information content (AvgIpc) is 2.86. The van der Waals surface area contributed by atoms with Crippen molar-refractivity contribution in [3.8, 4) is 0 Å². The highest BCUT2D eigenvalue weighted by Gasteiger charge is 2.22. The van der Waals surface area contributed by atoms with E-state index in [1.807, 2.05) is 0 Å². The van der Waals surface area contributed by atoms with E-state index in [4.69, 9.17) is 4.74 Å². The van der Waals surface area contributed by atoms with Crippen molar-refractivity contribution in [2.75, 3.05) is 39.4 Å². The minimum absolute atomic E-state index is 0. The van der Waals surface area contributed by atoms with Crippen LogP contribution < -0.4 is 5.32 Å². The molecule has 0 aromatic heterocycles. The number of rotatable bonds is 4. The van der Waals surface area contributed by atoms with Crippen molar-refractivity contribution < 1.29 is 9.84 Å². The van der Waals surface area contributed by atoms with Gasteiger partial charge in [-0.3, -0.25) is 4.99 Å².